The van der Waals surface area contributed by atoms with E-state index in [1.54, 1.807) is 24.3 Å². The summed E-state index contributed by atoms with van der Waals surface area (Å²) in [5.41, 5.74) is 3.78. The van der Waals surface area contributed by atoms with Crippen LogP contribution >= 0.6 is 0 Å². The number of aliphatic hydroxyl groups excluding tert-OH is 1. The van der Waals surface area contributed by atoms with Crippen LogP contribution in [0.3, 0.4) is 0 Å². The molecule has 0 aliphatic carbocycles. The van der Waals surface area contributed by atoms with Crippen LogP contribution in [0.5, 0.6) is 0 Å². The van der Waals surface area contributed by atoms with Crippen molar-refractivity contribution in [1.82, 2.24) is 10.4 Å². The number of hydrogen-bond acceptors (Lipinski definition) is 5. The van der Waals surface area contributed by atoms with Crippen molar-refractivity contribution in [1.29, 1.82) is 5.26 Å². The zero-order valence-electron chi connectivity index (χ0n) is 10.9. The fourth-order valence-electron chi connectivity index (χ4n) is 2.15. The summed E-state index contributed by atoms with van der Waals surface area (Å²) in [6.07, 6.45) is 2.96. The van der Waals surface area contributed by atoms with Gasteiger partial charge in [0, 0.05) is 23.9 Å². The van der Waals surface area contributed by atoms with E-state index < -0.39 is 6.04 Å². The Morgan fingerprint density at radius 1 is 1.33 bits per heavy atom. The molecule has 21 heavy (non-hydrogen) atoms. The maximum absolute atomic E-state index is 13.8. The summed E-state index contributed by atoms with van der Waals surface area (Å²) in [5.74, 6) is -0.0906. The highest BCUT2D eigenvalue weighted by atomic mass is 19.1. The van der Waals surface area contributed by atoms with Crippen LogP contribution in [0.15, 0.2) is 54.6 Å². The van der Waals surface area contributed by atoms with Crippen LogP contribution in [0.4, 0.5) is 10.2 Å². The van der Waals surface area contributed by atoms with Gasteiger partial charge in [0.25, 0.3) is 0 Å². The molecule has 0 amide bonds. The molecule has 1 atom stereocenters. The zero-order chi connectivity index (χ0) is 14.8. The number of benzene rings is 1. The molecule has 0 saturated carbocycles. The van der Waals surface area contributed by atoms with Crippen molar-refractivity contribution in [2.24, 2.45) is 0 Å². The van der Waals surface area contributed by atoms with Crippen LogP contribution in [0.1, 0.15) is 17.2 Å². The smallest absolute Gasteiger partial charge is 0.205 e. The second-order valence-corrected chi connectivity index (χ2v) is 4.50. The Kier molecular flexibility index (Phi) is 3.26. The number of aromatic nitrogens is 1. The van der Waals surface area contributed by atoms with Gasteiger partial charge in [-0.05, 0) is 12.1 Å². The van der Waals surface area contributed by atoms with Crippen LogP contribution in [0.25, 0.3) is 0 Å². The molecule has 1 aliphatic rings. The van der Waals surface area contributed by atoms with E-state index in [2.05, 4.69) is 10.4 Å². The van der Waals surface area contributed by atoms with Gasteiger partial charge in [-0.25, -0.2) is 19.8 Å². The van der Waals surface area contributed by atoms with Gasteiger partial charge in [0.2, 0.25) is 5.88 Å². The van der Waals surface area contributed by atoms with Gasteiger partial charge in [0.05, 0.1) is 17.7 Å². The van der Waals surface area contributed by atoms with Crippen molar-refractivity contribution < 1.29 is 9.50 Å². The fourth-order valence-corrected chi connectivity index (χ4v) is 2.15. The number of aliphatic hydroxyl groups is 1. The molecule has 0 spiro atoms. The molecule has 1 aromatic heterocycles. The summed E-state index contributed by atoms with van der Waals surface area (Å²) < 4.78 is 13.8. The maximum atomic E-state index is 13.8. The second kappa shape index (κ2) is 5.23. The van der Waals surface area contributed by atoms with Gasteiger partial charge in [-0.15, -0.1) is 0 Å². The Morgan fingerprint density at radius 2 is 2.14 bits per heavy atom. The topological polar surface area (TPSA) is 72.2 Å². The molecular formula is C15H11FN4O. The Hall–Kier alpha value is -2.91. The van der Waals surface area contributed by atoms with Crippen LogP contribution < -0.4 is 10.4 Å². The molecule has 0 fully saturated rings. The Labute approximate surface area is 120 Å². The van der Waals surface area contributed by atoms with Gasteiger partial charge >= 0.3 is 0 Å². The summed E-state index contributed by atoms with van der Waals surface area (Å²) in [6, 6.07) is 10.9. The van der Waals surface area contributed by atoms with Crippen molar-refractivity contribution in [2.75, 3.05) is 5.01 Å². The van der Waals surface area contributed by atoms with E-state index in [0.717, 1.165) is 0 Å². The molecule has 0 saturated heterocycles. The first-order chi connectivity index (χ1) is 10.2. The molecule has 0 bridgehead atoms. The molecule has 2 heterocycles. The van der Waals surface area contributed by atoms with Gasteiger partial charge in [-0.1, -0.05) is 18.2 Å². The summed E-state index contributed by atoms with van der Waals surface area (Å²) in [4.78, 5) is 4.09. The number of anilines is 1. The van der Waals surface area contributed by atoms with Crippen molar-refractivity contribution in [3.8, 4) is 6.07 Å². The average Bonchev–Trinajstić information content (AvgIpc) is 2.89. The van der Waals surface area contributed by atoms with E-state index in [4.69, 9.17) is 5.26 Å². The lowest BCUT2D eigenvalue weighted by molar-refractivity contribution is 0.387. The zero-order valence-corrected chi connectivity index (χ0v) is 10.9. The normalized spacial score (nSPS) is 17.4. The van der Waals surface area contributed by atoms with Crippen LogP contribution in [-0.2, 0) is 0 Å². The highest BCUT2D eigenvalue weighted by Gasteiger charge is 2.27. The Morgan fingerprint density at radius 3 is 2.90 bits per heavy atom. The van der Waals surface area contributed by atoms with Gasteiger partial charge < -0.3 is 5.11 Å². The second-order valence-electron chi connectivity index (χ2n) is 4.50. The van der Waals surface area contributed by atoms with Gasteiger partial charge in [0.1, 0.15) is 5.82 Å². The molecule has 1 unspecified atom stereocenters. The molecule has 2 N–H and O–H groups in total. The van der Waals surface area contributed by atoms with Crippen LogP contribution in [-0.4, -0.2) is 10.1 Å². The molecule has 3 rings (SSSR count). The number of hydrazine groups is 1. The van der Waals surface area contributed by atoms with Crippen molar-refractivity contribution in [3.63, 3.8) is 0 Å². The molecule has 104 valence electrons. The third kappa shape index (κ3) is 2.42. The van der Waals surface area contributed by atoms with Crippen LogP contribution in [0, 0.1) is 17.1 Å². The van der Waals surface area contributed by atoms with Gasteiger partial charge in [-0.3, -0.25) is 0 Å². The minimum Gasteiger partial charge on any atom is -0.494 e. The average molecular weight is 282 g/mol. The number of nitrogens with one attached hydrogen (secondary N) is 1. The summed E-state index contributed by atoms with van der Waals surface area (Å²) >= 11 is 0. The standard InChI is InChI=1S/C15H11FN4O/c16-12-4-2-1-3-11(12)13-8-15(21)20(19-13)14-7-10(9-17)5-6-18-14/h1-8,13,19,21H. The van der Waals surface area contributed by atoms with Crippen molar-refractivity contribution in [2.45, 2.75) is 6.04 Å². The molecule has 5 nitrogen and oxygen atoms in total. The monoisotopic (exact) mass is 282 g/mol. The fraction of sp³-hybridized carbons (Fsp3) is 0.0667. The number of rotatable bonds is 2. The van der Waals surface area contributed by atoms with E-state index in [9.17, 15) is 9.50 Å². The lowest BCUT2D eigenvalue weighted by atomic mass is 10.1. The summed E-state index contributed by atoms with van der Waals surface area (Å²) in [7, 11) is 0. The van der Waals surface area contributed by atoms with E-state index >= 15 is 0 Å². The number of nitrogens with zero attached hydrogens (tertiary/aromatic N) is 3. The van der Waals surface area contributed by atoms with Crippen molar-refractivity contribution in [3.05, 3.63) is 71.5 Å². The Bertz CT molecular complexity index is 753. The van der Waals surface area contributed by atoms with Gasteiger partial charge in [-0.2, -0.15) is 5.26 Å². The first-order valence-corrected chi connectivity index (χ1v) is 6.26. The largest absolute Gasteiger partial charge is 0.494 e. The number of halogens is 1. The Balaban J connectivity index is 1.90. The maximum Gasteiger partial charge on any atom is 0.205 e. The SMILES string of the molecule is N#Cc1ccnc(N2NC(c3ccccc3F)C=C2O)c1. The van der Waals surface area contributed by atoms with E-state index in [1.807, 2.05) is 6.07 Å². The molecule has 1 aliphatic heterocycles. The third-order valence-corrected chi connectivity index (χ3v) is 3.16. The number of nitriles is 1. The number of pyridine rings is 1. The molecule has 0 radical (unpaired) electrons. The third-order valence-electron chi connectivity index (χ3n) is 3.16. The number of hydrogen-bond donors (Lipinski definition) is 2. The lowest BCUT2D eigenvalue weighted by Crippen LogP contribution is -2.34. The minimum atomic E-state index is -0.501. The summed E-state index contributed by atoms with van der Waals surface area (Å²) in [6.45, 7) is 0. The van der Waals surface area contributed by atoms with E-state index in [-0.39, 0.29) is 11.7 Å². The van der Waals surface area contributed by atoms with E-state index in [1.165, 1.54) is 29.4 Å². The molecule has 6 heteroatoms. The molecule has 1 aromatic carbocycles. The highest BCUT2D eigenvalue weighted by Crippen LogP contribution is 2.28. The van der Waals surface area contributed by atoms with E-state index in [0.29, 0.717) is 16.9 Å². The first-order valence-electron chi connectivity index (χ1n) is 6.26. The summed E-state index contributed by atoms with van der Waals surface area (Å²) in [5, 5.41) is 20.2. The lowest BCUT2D eigenvalue weighted by Gasteiger charge is -2.20. The highest BCUT2D eigenvalue weighted by molar-refractivity contribution is 5.50. The predicted octanol–water partition coefficient (Wildman–Crippen LogP) is 2.56. The quantitative estimate of drug-likeness (QED) is 0.885. The predicted molar refractivity (Wildman–Crippen MR) is 74.4 cm³/mol. The van der Waals surface area contributed by atoms with Crippen molar-refractivity contribution >= 4 is 5.82 Å². The van der Waals surface area contributed by atoms with Gasteiger partial charge in [0.15, 0.2) is 5.82 Å². The molecular weight excluding hydrogens is 271 g/mol. The molecule has 2 aromatic rings. The first kappa shape index (κ1) is 13.1. The van der Waals surface area contributed by atoms with Crippen LogP contribution in [0.2, 0.25) is 0 Å². The minimum absolute atomic E-state index is 0.0918.